The minimum absolute atomic E-state index is 0.557. The van der Waals surface area contributed by atoms with Crippen LogP contribution in [0.5, 0.6) is 5.75 Å². The quantitative estimate of drug-likeness (QED) is 0.666. The molecular formula is C17H14O3. The van der Waals surface area contributed by atoms with E-state index in [9.17, 15) is 4.79 Å². The summed E-state index contributed by atoms with van der Waals surface area (Å²) in [6.07, 6.45) is 0.817. The minimum Gasteiger partial charge on any atom is -0.497 e. The topological polar surface area (TPSA) is 39.4 Å². The van der Waals surface area contributed by atoms with Crippen LogP contribution in [0, 0.1) is 6.92 Å². The van der Waals surface area contributed by atoms with Gasteiger partial charge in [-0.2, -0.15) is 0 Å². The smallest absolute Gasteiger partial charge is 0.150 e. The second kappa shape index (κ2) is 4.85. The molecule has 0 atom stereocenters. The molecule has 0 saturated carbocycles. The number of carbonyl (C=O) groups excluding carboxylic acids is 1. The van der Waals surface area contributed by atoms with Crippen molar-refractivity contribution in [3.05, 3.63) is 53.6 Å². The maximum atomic E-state index is 11.3. The van der Waals surface area contributed by atoms with E-state index < -0.39 is 0 Å². The Labute approximate surface area is 116 Å². The Kier molecular flexibility index (Phi) is 3.03. The zero-order valence-electron chi connectivity index (χ0n) is 11.3. The van der Waals surface area contributed by atoms with Crippen molar-refractivity contribution in [1.82, 2.24) is 0 Å². The van der Waals surface area contributed by atoms with E-state index in [0.29, 0.717) is 17.1 Å². The molecule has 0 amide bonds. The molecule has 3 heteroatoms. The fourth-order valence-corrected chi connectivity index (χ4v) is 2.33. The second-order valence-electron chi connectivity index (χ2n) is 4.67. The monoisotopic (exact) mass is 266 g/mol. The van der Waals surface area contributed by atoms with Crippen molar-refractivity contribution in [2.45, 2.75) is 6.92 Å². The molecule has 2 aromatic carbocycles. The number of fused-ring (bicyclic) bond motifs is 1. The lowest BCUT2D eigenvalue weighted by atomic mass is 10.1. The van der Waals surface area contributed by atoms with Crippen LogP contribution in [0.4, 0.5) is 0 Å². The lowest BCUT2D eigenvalue weighted by molar-refractivity contribution is 0.112. The average Bonchev–Trinajstić information content (AvgIpc) is 2.92. The summed E-state index contributed by atoms with van der Waals surface area (Å²) in [4.78, 5) is 11.3. The molecule has 0 unspecified atom stereocenters. The van der Waals surface area contributed by atoms with E-state index in [1.165, 1.54) is 0 Å². The SMILES string of the molecule is COc1ccc(-c2cc3cccc(C)c3o2)c(C=O)c1. The molecule has 0 aliphatic carbocycles. The molecule has 1 aromatic heterocycles. The largest absolute Gasteiger partial charge is 0.497 e. The minimum atomic E-state index is 0.557. The van der Waals surface area contributed by atoms with Gasteiger partial charge in [0.25, 0.3) is 0 Å². The Morgan fingerprint density at radius 3 is 2.70 bits per heavy atom. The molecule has 0 bridgehead atoms. The summed E-state index contributed by atoms with van der Waals surface area (Å²) in [6, 6.07) is 13.3. The van der Waals surface area contributed by atoms with Gasteiger partial charge in [-0.15, -0.1) is 0 Å². The highest BCUT2D eigenvalue weighted by Gasteiger charge is 2.12. The zero-order valence-corrected chi connectivity index (χ0v) is 11.3. The van der Waals surface area contributed by atoms with Gasteiger partial charge in [-0.05, 0) is 36.8 Å². The Balaban J connectivity index is 2.20. The first-order valence-electron chi connectivity index (χ1n) is 6.35. The molecule has 0 aliphatic rings. The third-order valence-corrected chi connectivity index (χ3v) is 3.39. The maximum absolute atomic E-state index is 11.3. The van der Waals surface area contributed by atoms with Gasteiger partial charge in [0.15, 0.2) is 6.29 Å². The van der Waals surface area contributed by atoms with Gasteiger partial charge in [0.2, 0.25) is 0 Å². The maximum Gasteiger partial charge on any atom is 0.150 e. The van der Waals surface area contributed by atoms with Crippen LogP contribution in [0.3, 0.4) is 0 Å². The van der Waals surface area contributed by atoms with Crippen molar-refractivity contribution >= 4 is 17.3 Å². The van der Waals surface area contributed by atoms with Crippen LogP contribution in [0.15, 0.2) is 46.9 Å². The Morgan fingerprint density at radius 2 is 2.00 bits per heavy atom. The Bertz CT molecular complexity index is 784. The predicted molar refractivity (Wildman–Crippen MR) is 78.3 cm³/mol. The van der Waals surface area contributed by atoms with E-state index in [4.69, 9.17) is 9.15 Å². The van der Waals surface area contributed by atoms with Gasteiger partial charge in [-0.3, -0.25) is 4.79 Å². The van der Waals surface area contributed by atoms with Crippen LogP contribution in [0.1, 0.15) is 15.9 Å². The molecule has 3 nitrogen and oxygen atoms in total. The lowest BCUT2D eigenvalue weighted by Gasteiger charge is -2.04. The number of furan rings is 1. The Morgan fingerprint density at radius 1 is 1.15 bits per heavy atom. The number of hydrogen-bond donors (Lipinski definition) is 0. The van der Waals surface area contributed by atoms with Gasteiger partial charge < -0.3 is 9.15 Å². The van der Waals surface area contributed by atoms with Crippen LogP contribution in [0.25, 0.3) is 22.3 Å². The Hall–Kier alpha value is -2.55. The summed E-state index contributed by atoms with van der Waals surface area (Å²) in [5, 5.41) is 1.03. The van der Waals surface area contributed by atoms with Crippen molar-refractivity contribution in [2.75, 3.05) is 7.11 Å². The van der Waals surface area contributed by atoms with E-state index >= 15 is 0 Å². The highest BCUT2D eigenvalue weighted by atomic mass is 16.5. The van der Waals surface area contributed by atoms with Crippen molar-refractivity contribution in [3.63, 3.8) is 0 Å². The van der Waals surface area contributed by atoms with Gasteiger partial charge in [0, 0.05) is 16.5 Å². The van der Waals surface area contributed by atoms with Crippen LogP contribution >= 0.6 is 0 Å². The first kappa shape index (κ1) is 12.5. The number of rotatable bonds is 3. The summed E-state index contributed by atoms with van der Waals surface area (Å²) < 4.78 is 11.0. The normalized spacial score (nSPS) is 10.7. The summed E-state index contributed by atoms with van der Waals surface area (Å²) in [6.45, 7) is 2.00. The molecule has 1 heterocycles. The van der Waals surface area contributed by atoms with Crippen LogP contribution < -0.4 is 4.74 Å². The van der Waals surface area contributed by atoms with Crippen molar-refractivity contribution < 1.29 is 13.9 Å². The first-order chi connectivity index (χ1) is 9.72. The summed E-state index contributed by atoms with van der Waals surface area (Å²) in [7, 11) is 1.58. The lowest BCUT2D eigenvalue weighted by Crippen LogP contribution is -1.89. The zero-order chi connectivity index (χ0) is 14.1. The highest BCUT2D eigenvalue weighted by molar-refractivity contribution is 5.91. The molecule has 0 fully saturated rings. The van der Waals surface area contributed by atoms with Crippen LogP contribution in [-0.4, -0.2) is 13.4 Å². The summed E-state index contributed by atoms with van der Waals surface area (Å²) in [5.74, 6) is 1.35. The molecule has 3 rings (SSSR count). The predicted octanol–water partition coefficient (Wildman–Crippen LogP) is 4.23. The number of para-hydroxylation sites is 1. The molecule has 20 heavy (non-hydrogen) atoms. The van der Waals surface area contributed by atoms with Gasteiger partial charge >= 0.3 is 0 Å². The van der Waals surface area contributed by atoms with E-state index in [2.05, 4.69) is 0 Å². The van der Waals surface area contributed by atoms with E-state index in [-0.39, 0.29) is 0 Å². The van der Waals surface area contributed by atoms with E-state index in [1.54, 1.807) is 13.2 Å². The number of benzene rings is 2. The average molecular weight is 266 g/mol. The molecule has 3 aromatic rings. The highest BCUT2D eigenvalue weighted by Crippen LogP contribution is 2.32. The first-order valence-corrected chi connectivity index (χ1v) is 6.35. The van der Waals surface area contributed by atoms with Crippen LogP contribution in [0.2, 0.25) is 0 Å². The molecule has 0 aliphatic heterocycles. The fraction of sp³-hybridized carbons (Fsp3) is 0.118. The number of hydrogen-bond acceptors (Lipinski definition) is 3. The number of aryl methyl sites for hydroxylation is 1. The van der Waals surface area contributed by atoms with Gasteiger partial charge in [-0.1, -0.05) is 18.2 Å². The van der Waals surface area contributed by atoms with E-state index in [1.807, 2.05) is 43.3 Å². The molecule has 100 valence electrons. The third kappa shape index (κ3) is 1.97. The molecular weight excluding hydrogens is 252 g/mol. The van der Waals surface area contributed by atoms with Crippen molar-refractivity contribution in [3.8, 4) is 17.1 Å². The number of aldehydes is 1. The van der Waals surface area contributed by atoms with E-state index in [0.717, 1.165) is 28.4 Å². The van der Waals surface area contributed by atoms with Crippen molar-refractivity contribution in [2.24, 2.45) is 0 Å². The summed E-state index contributed by atoms with van der Waals surface area (Å²) >= 11 is 0. The van der Waals surface area contributed by atoms with Gasteiger partial charge in [0.05, 0.1) is 7.11 Å². The molecule has 0 radical (unpaired) electrons. The van der Waals surface area contributed by atoms with Crippen LogP contribution in [-0.2, 0) is 0 Å². The molecule has 0 N–H and O–H groups in total. The van der Waals surface area contributed by atoms with Crippen molar-refractivity contribution in [1.29, 1.82) is 0 Å². The molecule has 0 spiro atoms. The van der Waals surface area contributed by atoms with Gasteiger partial charge in [-0.25, -0.2) is 0 Å². The third-order valence-electron chi connectivity index (χ3n) is 3.39. The molecule has 0 saturated heterocycles. The number of methoxy groups -OCH3 is 1. The van der Waals surface area contributed by atoms with Gasteiger partial charge in [0.1, 0.15) is 17.1 Å². The second-order valence-corrected chi connectivity index (χ2v) is 4.67. The summed E-state index contributed by atoms with van der Waals surface area (Å²) in [5.41, 5.74) is 3.27. The number of ether oxygens (including phenoxy) is 1. The number of carbonyl (C=O) groups is 1. The standard InChI is InChI=1S/C17H14O3/c1-11-4-3-5-12-9-16(20-17(11)12)15-7-6-14(19-2)8-13(15)10-18/h3-10H,1-2H3. The fourth-order valence-electron chi connectivity index (χ4n) is 2.33.